The van der Waals surface area contributed by atoms with Crippen molar-refractivity contribution in [3.05, 3.63) is 70.7 Å². The highest BCUT2D eigenvalue weighted by atomic mass is 35.5. The van der Waals surface area contributed by atoms with Crippen LogP contribution in [0.25, 0.3) is 0 Å². The van der Waals surface area contributed by atoms with Gasteiger partial charge in [-0.3, -0.25) is 4.79 Å². The fraction of sp³-hybridized carbons (Fsp3) is 0.118. The largest absolute Gasteiger partial charge is 0.294 e. The van der Waals surface area contributed by atoms with Crippen LogP contribution in [0.3, 0.4) is 0 Å². The molecule has 2 rings (SSSR count). The molecule has 132 valence electrons. The lowest BCUT2D eigenvalue weighted by Gasteiger charge is -2.07. The second-order valence-electron chi connectivity index (χ2n) is 5.23. The van der Waals surface area contributed by atoms with Gasteiger partial charge >= 0.3 is 0 Å². The number of Topliss-reactive ketones (excluding diaryl/α,β-unsaturated/α-hetero) is 1. The van der Waals surface area contributed by atoms with Crippen molar-refractivity contribution in [3.63, 3.8) is 0 Å². The van der Waals surface area contributed by atoms with Gasteiger partial charge in [0.1, 0.15) is 4.91 Å². The molecule has 1 atom stereocenters. The average Bonchev–Trinajstić information content (AvgIpc) is 2.55. The van der Waals surface area contributed by atoms with Crippen LogP contribution in [-0.4, -0.2) is 24.7 Å². The van der Waals surface area contributed by atoms with Gasteiger partial charge in [-0.25, -0.2) is 17.0 Å². The fourth-order valence-corrected chi connectivity index (χ4v) is 4.57. The lowest BCUT2D eigenvalue weighted by Crippen LogP contribution is -2.11. The van der Waals surface area contributed by atoms with Crippen LogP contribution >= 0.6 is 11.6 Å². The standard InChI is InChI=1S/C17H16ClNO4S2/c1-13(20)17(25(22,23)16-10-8-14(18)9-11-16)12-19-24(2,21)15-6-4-3-5-7-15/h3-12H,1-2H3/b17-12+/t24-/m1/s1. The third-order valence-electron chi connectivity index (χ3n) is 3.31. The van der Waals surface area contributed by atoms with E-state index in [-0.39, 0.29) is 4.90 Å². The Bertz CT molecular complexity index is 1030. The van der Waals surface area contributed by atoms with Gasteiger partial charge in [-0.15, -0.1) is 0 Å². The van der Waals surface area contributed by atoms with Gasteiger partial charge in [0.25, 0.3) is 0 Å². The first-order chi connectivity index (χ1) is 11.6. The summed E-state index contributed by atoms with van der Waals surface area (Å²) in [6.45, 7) is 1.12. The Morgan fingerprint density at radius 1 is 0.960 bits per heavy atom. The Kier molecular flexibility index (Phi) is 5.82. The van der Waals surface area contributed by atoms with Gasteiger partial charge in [0.05, 0.1) is 20.8 Å². The van der Waals surface area contributed by atoms with Crippen LogP contribution in [0.2, 0.25) is 5.02 Å². The number of nitrogens with zero attached hydrogens (tertiary/aromatic N) is 1. The van der Waals surface area contributed by atoms with E-state index in [0.717, 1.165) is 13.1 Å². The minimum Gasteiger partial charge on any atom is -0.294 e. The Labute approximate surface area is 152 Å². The van der Waals surface area contributed by atoms with E-state index in [9.17, 15) is 17.4 Å². The highest BCUT2D eigenvalue weighted by molar-refractivity contribution is 7.96. The molecule has 0 spiro atoms. The topological polar surface area (TPSA) is 80.6 Å². The molecule has 25 heavy (non-hydrogen) atoms. The zero-order chi connectivity index (χ0) is 18.7. The first-order valence-corrected chi connectivity index (χ1v) is 10.9. The molecule has 5 nitrogen and oxygen atoms in total. The molecule has 0 aromatic heterocycles. The molecule has 0 radical (unpaired) electrons. The van der Waals surface area contributed by atoms with Crippen LogP contribution in [0.1, 0.15) is 6.92 Å². The molecule has 0 aliphatic heterocycles. The maximum absolute atomic E-state index is 12.7. The quantitative estimate of drug-likeness (QED) is 0.720. The van der Waals surface area contributed by atoms with E-state index in [2.05, 4.69) is 4.36 Å². The van der Waals surface area contributed by atoms with E-state index >= 15 is 0 Å². The summed E-state index contributed by atoms with van der Waals surface area (Å²) in [5, 5.41) is 0.373. The number of carbonyl (C=O) groups excluding carboxylic acids is 1. The molecule has 0 bridgehead atoms. The second kappa shape index (κ2) is 7.51. The highest BCUT2D eigenvalue weighted by Gasteiger charge is 2.24. The summed E-state index contributed by atoms with van der Waals surface area (Å²) < 4.78 is 41.9. The predicted molar refractivity (Wildman–Crippen MR) is 98.6 cm³/mol. The van der Waals surface area contributed by atoms with Gasteiger partial charge in [-0.05, 0) is 43.3 Å². The molecule has 8 heteroatoms. The van der Waals surface area contributed by atoms with Crippen LogP contribution in [-0.2, 0) is 24.4 Å². The number of carbonyl (C=O) groups is 1. The van der Waals surface area contributed by atoms with Crippen LogP contribution < -0.4 is 0 Å². The summed E-state index contributed by atoms with van der Waals surface area (Å²) >= 11 is 5.76. The van der Waals surface area contributed by atoms with Gasteiger partial charge in [0.15, 0.2) is 5.78 Å². The Hall–Kier alpha value is -1.96. The predicted octanol–water partition coefficient (Wildman–Crippen LogP) is 3.70. The minimum atomic E-state index is -4.09. The summed E-state index contributed by atoms with van der Waals surface area (Å²) in [5.74, 6) is -0.693. The van der Waals surface area contributed by atoms with Crippen molar-refractivity contribution in [1.29, 1.82) is 0 Å². The van der Waals surface area contributed by atoms with Crippen molar-refractivity contribution < 1.29 is 17.4 Å². The molecular formula is C17H16ClNO4S2. The van der Waals surface area contributed by atoms with E-state index in [1.807, 2.05) is 0 Å². The number of halogens is 1. The number of hydrogen-bond acceptors (Lipinski definition) is 5. The number of sulfone groups is 1. The number of rotatable bonds is 5. The van der Waals surface area contributed by atoms with Crippen LogP contribution in [0.15, 0.2) is 79.9 Å². The molecule has 0 N–H and O–H groups in total. The van der Waals surface area contributed by atoms with E-state index in [4.69, 9.17) is 11.6 Å². The summed E-state index contributed by atoms with van der Waals surface area (Å²) in [7, 11) is -6.97. The highest BCUT2D eigenvalue weighted by Crippen LogP contribution is 2.23. The van der Waals surface area contributed by atoms with Crippen molar-refractivity contribution in [1.82, 2.24) is 0 Å². The molecular weight excluding hydrogens is 382 g/mol. The smallest absolute Gasteiger partial charge is 0.211 e. The summed E-state index contributed by atoms with van der Waals surface area (Å²) in [4.78, 5) is 11.7. The molecule has 0 fully saturated rings. The van der Waals surface area contributed by atoms with Crippen LogP contribution in [0.5, 0.6) is 0 Å². The molecule has 0 aliphatic carbocycles. The van der Waals surface area contributed by atoms with E-state index < -0.39 is 30.3 Å². The van der Waals surface area contributed by atoms with Gasteiger partial charge < -0.3 is 0 Å². The Morgan fingerprint density at radius 3 is 2.04 bits per heavy atom. The summed E-state index contributed by atoms with van der Waals surface area (Å²) in [5.41, 5.74) is 0. The summed E-state index contributed by atoms with van der Waals surface area (Å²) in [6, 6.07) is 13.8. The molecule has 2 aromatic carbocycles. The van der Waals surface area contributed by atoms with Crippen LogP contribution in [0.4, 0.5) is 0 Å². The monoisotopic (exact) mass is 397 g/mol. The number of ketones is 1. The number of hydrogen-bond donors (Lipinski definition) is 0. The fourth-order valence-electron chi connectivity index (χ4n) is 1.97. The average molecular weight is 398 g/mol. The molecule has 0 saturated carbocycles. The van der Waals surface area contributed by atoms with E-state index in [1.54, 1.807) is 30.3 Å². The molecule has 0 aliphatic rings. The van der Waals surface area contributed by atoms with Crippen molar-refractivity contribution in [2.45, 2.75) is 16.7 Å². The SMILES string of the molecule is CC(=O)/C(=C\N=[S@](C)(=O)c1ccccc1)S(=O)(=O)c1ccc(Cl)cc1. The van der Waals surface area contributed by atoms with Gasteiger partial charge in [0, 0.05) is 16.2 Å². The van der Waals surface area contributed by atoms with Gasteiger partial charge in [-0.2, -0.15) is 0 Å². The van der Waals surface area contributed by atoms with E-state index in [0.29, 0.717) is 9.92 Å². The van der Waals surface area contributed by atoms with Crippen molar-refractivity contribution in [2.24, 2.45) is 4.36 Å². The first-order valence-electron chi connectivity index (χ1n) is 7.13. The Morgan fingerprint density at radius 2 is 1.52 bits per heavy atom. The molecule has 2 aromatic rings. The summed E-state index contributed by atoms with van der Waals surface area (Å²) in [6.07, 6.45) is 2.26. The lowest BCUT2D eigenvalue weighted by molar-refractivity contribution is -0.113. The molecule has 0 heterocycles. The maximum Gasteiger partial charge on any atom is 0.211 e. The third-order valence-corrected chi connectivity index (χ3v) is 7.08. The first kappa shape index (κ1) is 19.4. The van der Waals surface area contributed by atoms with Gasteiger partial charge in [0.2, 0.25) is 9.84 Å². The number of allylic oxidation sites excluding steroid dienone is 1. The van der Waals surface area contributed by atoms with Crippen molar-refractivity contribution in [3.8, 4) is 0 Å². The lowest BCUT2D eigenvalue weighted by atomic mass is 10.4. The molecule has 0 saturated heterocycles. The third kappa shape index (κ3) is 4.56. The second-order valence-corrected chi connectivity index (χ2v) is 9.87. The normalized spacial score (nSPS) is 14.6. The molecule has 0 amide bonds. The minimum absolute atomic E-state index is 0.0872. The van der Waals surface area contributed by atoms with Crippen molar-refractivity contribution in [2.75, 3.05) is 6.26 Å². The zero-order valence-corrected chi connectivity index (χ0v) is 15.9. The Balaban J connectivity index is 2.57. The van der Waals surface area contributed by atoms with Gasteiger partial charge in [-0.1, -0.05) is 29.8 Å². The number of benzene rings is 2. The molecule has 0 unspecified atom stereocenters. The zero-order valence-electron chi connectivity index (χ0n) is 13.5. The van der Waals surface area contributed by atoms with Crippen molar-refractivity contribution >= 4 is 37.0 Å². The maximum atomic E-state index is 12.7. The van der Waals surface area contributed by atoms with Crippen LogP contribution in [0, 0.1) is 0 Å². The van der Waals surface area contributed by atoms with E-state index in [1.165, 1.54) is 30.5 Å².